The molecule has 0 saturated heterocycles. The Morgan fingerprint density at radius 1 is 1.28 bits per heavy atom. The molecule has 1 aliphatic heterocycles. The minimum absolute atomic E-state index is 0. The van der Waals surface area contributed by atoms with Gasteiger partial charge in [-0.1, -0.05) is 0 Å². The molecule has 3 N–H and O–H groups in total. The maximum absolute atomic E-state index is 4.52. The highest BCUT2D eigenvalue weighted by Crippen LogP contribution is 2.09. The second-order valence-corrected chi connectivity index (χ2v) is 4.08. The second kappa shape index (κ2) is 6.03. The van der Waals surface area contributed by atoms with Gasteiger partial charge in [-0.25, -0.2) is 4.98 Å². The molecule has 0 atom stereocenters. The number of nitrogens with one attached hydrogen (secondary N) is 3. The zero-order valence-corrected chi connectivity index (χ0v) is 12.3. The van der Waals surface area contributed by atoms with Gasteiger partial charge in [0.1, 0.15) is 5.65 Å². The summed E-state index contributed by atoms with van der Waals surface area (Å²) in [7, 11) is 0. The number of guanidine groups is 1. The van der Waals surface area contributed by atoms with Gasteiger partial charge in [0.25, 0.3) is 0 Å². The summed E-state index contributed by atoms with van der Waals surface area (Å²) in [4.78, 5) is 12.0. The highest BCUT2D eigenvalue weighted by atomic mass is 127. The van der Waals surface area contributed by atoms with Crippen molar-refractivity contribution in [1.82, 2.24) is 20.6 Å². The first kappa shape index (κ1) is 13.1. The summed E-state index contributed by atoms with van der Waals surface area (Å²) >= 11 is 0. The minimum atomic E-state index is 0. The van der Waals surface area contributed by atoms with E-state index in [1.165, 1.54) is 0 Å². The summed E-state index contributed by atoms with van der Waals surface area (Å²) in [5.74, 6) is 0.879. The predicted molar refractivity (Wildman–Crippen MR) is 83.3 cm³/mol. The molecule has 0 spiro atoms. The van der Waals surface area contributed by atoms with Gasteiger partial charge in [-0.05, 0) is 24.6 Å². The fraction of sp³-hybridized carbons (Fsp3) is 0.333. The average Bonchev–Trinajstić information content (AvgIpc) is 2.85. The SMILES string of the molecule is I.c1cc2ccc(CNC3=NCCCN3)nc2[nH]1. The zero-order chi connectivity index (χ0) is 11.5. The van der Waals surface area contributed by atoms with Gasteiger partial charge in [-0.3, -0.25) is 4.99 Å². The first-order valence-electron chi connectivity index (χ1n) is 5.87. The quantitative estimate of drug-likeness (QED) is 0.716. The molecule has 96 valence electrons. The van der Waals surface area contributed by atoms with Crippen molar-refractivity contribution in [1.29, 1.82) is 0 Å². The van der Waals surface area contributed by atoms with Gasteiger partial charge in [-0.2, -0.15) is 0 Å². The van der Waals surface area contributed by atoms with Crippen LogP contribution in [0.15, 0.2) is 29.4 Å². The normalized spacial score (nSPS) is 14.6. The molecule has 3 rings (SSSR count). The molecule has 0 radical (unpaired) electrons. The second-order valence-electron chi connectivity index (χ2n) is 4.08. The van der Waals surface area contributed by atoms with Crippen LogP contribution >= 0.6 is 24.0 Å². The van der Waals surface area contributed by atoms with Crippen LogP contribution in [0.3, 0.4) is 0 Å². The first-order chi connectivity index (χ1) is 8.42. The number of hydrogen-bond acceptors (Lipinski definition) is 4. The number of fused-ring (bicyclic) bond motifs is 1. The number of hydrogen-bond donors (Lipinski definition) is 3. The highest BCUT2D eigenvalue weighted by Gasteiger charge is 2.04. The molecule has 3 heterocycles. The van der Waals surface area contributed by atoms with Crippen LogP contribution in [0.1, 0.15) is 12.1 Å². The first-order valence-corrected chi connectivity index (χ1v) is 5.87. The molecule has 2 aromatic heterocycles. The third-order valence-corrected chi connectivity index (χ3v) is 2.80. The molecule has 0 unspecified atom stereocenters. The molecule has 6 heteroatoms. The van der Waals surface area contributed by atoms with E-state index in [9.17, 15) is 0 Å². The molecular formula is C12H16IN5. The summed E-state index contributed by atoms with van der Waals surface area (Å²) in [6.45, 7) is 2.59. The topological polar surface area (TPSA) is 65.1 Å². The fourth-order valence-corrected chi connectivity index (χ4v) is 1.89. The van der Waals surface area contributed by atoms with Gasteiger partial charge in [-0.15, -0.1) is 24.0 Å². The van der Waals surface area contributed by atoms with Crippen LogP contribution in [-0.2, 0) is 6.54 Å². The van der Waals surface area contributed by atoms with Crippen molar-refractivity contribution in [2.24, 2.45) is 4.99 Å². The van der Waals surface area contributed by atoms with E-state index in [0.717, 1.165) is 42.2 Å². The lowest BCUT2D eigenvalue weighted by molar-refractivity contribution is 0.699. The molecule has 0 aromatic carbocycles. The Labute approximate surface area is 122 Å². The maximum Gasteiger partial charge on any atom is 0.191 e. The number of halogens is 1. The van der Waals surface area contributed by atoms with Crippen molar-refractivity contribution >= 4 is 41.0 Å². The average molecular weight is 357 g/mol. The van der Waals surface area contributed by atoms with Gasteiger partial charge < -0.3 is 15.6 Å². The van der Waals surface area contributed by atoms with Crippen LogP contribution in [-0.4, -0.2) is 29.0 Å². The van der Waals surface area contributed by atoms with Crippen LogP contribution in [0.2, 0.25) is 0 Å². The number of rotatable bonds is 2. The van der Waals surface area contributed by atoms with E-state index in [4.69, 9.17) is 0 Å². The highest BCUT2D eigenvalue weighted by molar-refractivity contribution is 14.0. The molecule has 2 aromatic rings. The van der Waals surface area contributed by atoms with E-state index >= 15 is 0 Å². The van der Waals surface area contributed by atoms with Crippen LogP contribution < -0.4 is 10.6 Å². The van der Waals surface area contributed by atoms with E-state index in [-0.39, 0.29) is 24.0 Å². The number of H-pyrrole nitrogens is 1. The van der Waals surface area contributed by atoms with Gasteiger partial charge in [0.05, 0.1) is 12.2 Å². The van der Waals surface area contributed by atoms with Crippen LogP contribution in [0, 0.1) is 0 Å². The molecule has 5 nitrogen and oxygen atoms in total. The molecule has 18 heavy (non-hydrogen) atoms. The Balaban J connectivity index is 0.00000120. The van der Waals surface area contributed by atoms with Crippen molar-refractivity contribution in [3.63, 3.8) is 0 Å². The van der Waals surface area contributed by atoms with Gasteiger partial charge in [0, 0.05) is 24.7 Å². The summed E-state index contributed by atoms with van der Waals surface area (Å²) < 4.78 is 0. The monoisotopic (exact) mass is 357 g/mol. The molecular weight excluding hydrogens is 341 g/mol. The Morgan fingerprint density at radius 2 is 2.22 bits per heavy atom. The van der Waals surface area contributed by atoms with Crippen LogP contribution in [0.25, 0.3) is 11.0 Å². The molecule has 0 aliphatic carbocycles. The van der Waals surface area contributed by atoms with Crippen molar-refractivity contribution in [3.05, 3.63) is 30.1 Å². The van der Waals surface area contributed by atoms with Gasteiger partial charge >= 0.3 is 0 Å². The minimum Gasteiger partial charge on any atom is -0.356 e. The van der Waals surface area contributed by atoms with Crippen molar-refractivity contribution < 1.29 is 0 Å². The molecule has 0 amide bonds. The number of aliphatic imine (C=N–C) groups is 1. The van der Waals surface area contributed by atoms with Crippen LogP contribution in [0.5, 0.6) is 0 Å². The Bertz CT molecular complexity index is 548. The lowest BCUT2D eigenvalue weighted by Crippen LogP contribution is -2.40. The van der Waals surface area contributed by atoms with Crippen molar-refractivity contribution in [3.8, 4) is 0 Å². The maximum atomic E-state index is 4.52. The summed E-state index contributed by atoms with van der Waals surface area (Å²) in [5.41, 5.74) is 1.94. The summed E-state index contributed by atoms with van der Waals surface area (Å²) in [5, 5.41) is 7.62. The zero-order valence-electron chi connectivity index (χ0n) is 9.94. The molecule has 0 fully saturated rings. The predicted octanol–water partition coefficient (Wildman–Crippen LogP) is 1.62. The largest absolute Gasteiger partial charge is 0.356 e. The van der Waals surface area contributed by atoms with E-state index in [0.29, 0.717) is 6.54 Å². The Morgan fingerprint density at radius 3 is 3.06 bits per heavy atom. The third kappa shape index (κ3) is 2.92. The number of aromatic nitrogens is 2. The molecule has 1 aliphatic rings. The lowest BCUT2D eigenvalue weighted by Gasteiger charge is -2.15. The number of aromatic amines is 1. The van der Waals surface area contributed by atoms with E-state index in [1.807, 2.05) is 18.3 Å². The third-order valence-electron chi connectivity index (χ3n) is 2.80. The summed E-state index contributed by atoms with van der Waals surface area (Å²) in [6.07, 6.45) is 3.01. The fourth-order valence-electron chi connectivity index (χ4n) is 1.89. The van der Waals surface area contributed by atoms with E-state index in [1.54, 1.807) is 0 Å². The smallest absolute Gasteiger partial charge is 0.191 e. The van der Waals surface area contributed by atoms with E-state index < -0.39 is 0 Å². The Kier molecular flexibility index (Phi) is 4.40. The van der Waals surface area contributed by atoms with Crippen molar-refractivity contribution in [2.45, 2.75) is 13.0 Å². The molecule has 0 saturated carbocycles. The van der Waals surface area contributed by atoms with Crippen molar-refractivity contribution in [2.75, 3.05) is 13.1 Å². The summed E-state index contributed by atoms with van der Waals surface area (Å²) in [6, 6.07) is 6.13. The number of nitrogens with zero attached hydrogens (tertiary/aromatic N) is 2. The molecule has 0 bridgehead atoms. The van der Waals surface area contributed by atoms with Gasteiger partial charge in [0.2, 0.25) is 0 Å². The van der Waals surface area contributed by atoms with E-state index in [2.05, 4.69) is 31.7 Å². The lowest BCUT2D eigenvalue weighted by atomic mass is 10.3. The van der Waals surface area contributed by atoms with Crippen LogP contribution in [0.4, 0.5) is 0 Å². The number of pyridine rings is 1. The standard InChI is InChI=1S/C12H15N5.HI/c1-5-14-12(15-6-1)16-8-10-3-2-9-4-7-13-11(9)17-10;/h2-4,7H,1,5-6,8H2,(H,13,17)(H2,14,15,16);1H. The Hall–Kier alpha value is -1.31. The van der Waals surface area contributed by atoms with Gasteiger partial charge in [0.15, 0.2) is 5.96 Å².